The number of carbonyl (C=O) groups excluding carboxylic acids is 2. The number of hydrazine groups is 1. The summed E-state index contributed by atoms with van der Waals surface area (Å²) in [6, 6.07) is 7.18. The Morgan fingerprint density at radius 2 is 2.08 bits per heavy atom. The van der Waals surface area contributed by atoms with Gasteiger partial charge in [-0.2, -0.15) is 0 Å². The Morgan fingerprint density at radius 1 is 1.17 bits per heavy atom. The summed E-state index contributed by atoms with van der Waals surface area (Å²) in [4.78, 5) is 28.0. The van der Waals surface area contributed by atoms with Gasteiger partial charge in [-0.1, -0.05) is 29.2 Å². The van der Waals surface area contributed by atoms with E-state index in [4.69, 9.17) is 0 Å². The molecule has 10 heteroatoms. The van der Waals surface area contributed by atoms with Gasteiger partial charge in [0.2, 0.25) is 5.91 Å². The molecule has 0 spiro atoms. The average molecular weight is 377 g/mol. The maximum atomic E-state index is 11.8. The number of thioether (sulfide) groups is 1. The molecule has 2 amide bonds. The average Bonchev–Trinajstić information content (AvgIpc) is 3.30. The van der Waals surface area contributed by atoms with Crippen molar-refractivity contribution in [3.05, 3.63) is 46.9 Å². The fraction of sp³-hybridized carbons (Fsp3) is 0.0714. The summed E-state index contributed by atoms with van der Waals surface area (Å²) in [6.07, 6.45) is 3.40. The van der Waals surface area contributed by atoms with Gasteiger partial charge in [-0.3, -0.25) is 25.4 Å². The molecule has 0 radical (unpaired) electrons. The Bertz CT molecular complexity index is 820. The van der Waals surface area contributed by atoms with Crippen molar-refractivity contribution in [3.8, 4) is 10.6 Å². The van der Waals surface area contributed by atoms with E-state index in [-0.39, 0.29) is 17.6 Å². The van der Waals surface area contributed by atoms with Crippen molar-refractivity contribution in [2.45, 2.75) is 4.34 Å². The van der Waals surface area contributed by atoms with Gasteiger partial charge in [0.1, 0.15) is 5.01 Å². The molecule has 7 nitrogen and oxygen atoms in total. The number of thiophene rings is 1. The second-order valence-corrected chi connectivity index (χ2v) is 7.53. The Labute approximate surface area is 149 Å². The third-order valence-electron chi connectivity index (χ3n) is 2.70. The van der Waals surface area contributed by atoms with E-state index in [1.807, 2.05) is 12.1 Å². The van der Waals surface area contributed by atoms with Gasteiger partial charge >= 0.3 is 0 Å². The molecule has 0 unspecified atom stereocenters. The summed E-state index contributed by atoms with van der Waals surface area (Å²) < 4.78 is 0.675. The SMILES string of the molecule is O=C(CSc1nnc(-c2cccnc2)s1)NNC(=O)c1cccs1. The molecule has 3 heterocycles. The van der Waals surface area contributed by atoms with Crippen LogP contribution in [-0.2, 0) is 4.79 Å². The number of nitrogens with one attached hydrogen (secondary N) is 2. The third-order valence-corrected chi connectivity index (χ3v) is 5.68. The number of carbonyl (C=O) groups is 2. The zero-order valence-electron chi connectivity index (χ0n) is 12.1. The van der Waals surface area contributed by atoms with Crippen molar-refractivity contribution in [2.75, 3.05) is 5.75 Å². The van der Waals surface area contributed by atoms with Crippen molar-refractivity contribution in [3.63, 3.8) is 0 Å². The molecule has 2 N–H and O–H groups in total. The van der Waals surface area contributed by atoms with Crippen molar-refractivity contribution in [1.29, 1.82) is 0 Å². The lowest BCUT2D eigenvalue weighted by Gasteiger charge is -2.04. The zero-order chi connectivity index (χ0) is 16.8. The van der Waals surface area contributed by atoms with E-state index in [1.165, 1.54) is 34.4 Å². The van der Waals surface area contributed by atoms with E-state index in [0.29, 0.717) is 9.22 Å². The largest absolute Gasteiger partial charge is 0.279 e. The van der Waals surface area contributed by atoms with Crippen LogP contribution in [0.3, 0.4) is 0 Å². The topological polar surface area (TPSA) is 96.9 Å². The van der Waals surface area contributed by atoms with Gasteiger partial charge in [0.25, 0.3) is 5.91 Å². The van der Waals surface area contributed by atoms with Crippen molar-refractivity contribution in [2.24, 2.45) is 0 Å². The molecule has 0 aliphatic rings. The first-order valence-electron chi connectivity index (χ1n) is 6.72. The van der Waals surface area contributed by atoms with Gasteiger partial charge in [-0.05, 0) is 23.6 Å². The number of rotatable bonds is 5. The Balaban J connectivity index is 1.46. The van der Waals surface area contributed by atoms with Gasteiger partial charge in [-0.25, -0.2) is 0 Å². The molecule has 3 aromatic heterocycles. The molecule has 0 bridgehead atoms. The van der Waals surface area contributed by atoms with E-state index in [1.54, 1.807) is 29.9 Å². The van der Waals surface area contributed by atoms with Gasteiger partial charge in [0.15, 0.2) is 4.34 Å². The standard InChI is InChI=1S/C14H11N5O2S3/c20-11(16-17-12(21)10-4-2-6-22-10)8-23-14-19-18-13(24-14)9-3-1-5-15-7-9/h1-7H,8H2,(H,16,20)(H,17,21). The molecule has 24 heavy (non-hydrogen) atoms. The van der Waals surface area contributed by atoms with Crippen molar-refractivity contribution in [1.82, 2.24) is 26.0 Å². The van der Waals surface area contributed by atoms with E-state index >= 15 is 0 Å². The summed E-state index contributed by atoms with van der Waals surface area (Å²) >= 11 is 3.95. The van der Waals surface area contributed by atoms with Crippen LogP contribution in [0, 0.1) is 0 Å². The summed E-state index contributed by atoms with van der Waals surface area (Å²) in [5.74, 6) is -0.520. The van der Waals surface area contributed by atoms with Crippen LogP contribution in [-0.4, -0.2) is 32.7 Å². The maximum Gasteiger partial charge on any atom is 0.279 e. The molecule has 0 aromatic carbocycles. The fourth-order valence-electron chi connectivity index (χ4n) is 1.63. The van der Waals surface area contributed by atoms with Gasteiger partial charge in [-0.15, -0.1) is 21.5 Å². The lowest BCUT2D eigenvalue weighted by atomic mass is 10.3. The lowest BCUT2D eigenvalue weighted by Crippen LogP contribution is -2.42. The number of aromatic nitrogens is 3. The van der Waals surface area contributed by atoms with Gasteiger partial charge < -0.3 is 0 Å². The monoisotopic (exact) mass is 377 g/mol. The molecule has 0 saturated heterocycles. The molecule has 3 aromatic rings. The lowest BCUT2D eigenvalue weighted by molar-refractivity contribution is -0.119. The predicted molar refractivity (Wildman–Crippen MR) is 93.8 cm³/mol. The van der Waals surface area contributed by atoms with Crippen LogP contribution in [0.1, 0.15) is 9.67 Å². The van der Waals surface area contributed by atoms with Crippen LogP contribution in [0.4, 0.5) is 0 Å². The highest BCUT2D eigenvalue weighted by molar-refractivity contribution is 8.01. The molecule has 3 rings (SSSR count). The summed E-state index contributed by atoms with van der Waals surface area (Å²) in [6.45, 7) is 0. The molecule has 0 aliphatic heterocycles. The van der Waals surface area contributed by atoms with Crippen LogP contribution in [0.5, 0.6) is 0 Å². The predicted octanol–water partition coefficient (Wildman–Crippen LogP) is 2.21. The molecule has 0 aliphatic carbocycles. The maximum absolute atomic E-state index is 11.8. The highest BCUT2D eigenvalue weighted by Gasteiger charge is 2.11. The Kier molecular flexibility index (Phi) is 5.51. The fourth-order valence-corrected chi connectivity index (χ4v) is 3.89. The number of hydrogen-bond acceptors (Lipinski definition) is 8. The van der Waals surface area contributed by atoms with E-state index in [9.17, 15) is 9.59 Å². The van der Waals surface area contributed by atoms with Crippen LogP contribution in [0.15, 0.2) is 46.4 Å². The summed E-state index contributed by atoms with van der Waals surface area (Å²) in [5, 5.41) is 10.7. The second-order valence-electron chi connectivity index (χ2n) is 4.38. The van der Waals surface area contributed by atoms with Gasteiger partial charge in [0, 0.05) is 18.0 Å². The third kappa shape index (κ3) is 4.37. The smallest absolute Gasteiger partial charge is 0.272 e. The molecular weight excluding hydrogens is 366 g/mol. The first-order chi connectivity index (χ1) is 11.7. The number of nitrogens with zero attached hydrogens (tertiary/aromatic N) is 3. The molecule has 0 fully saturated rings. The second kappa shape index (κ2) is 7.99. The minimum absolute atomic E-state index is 0.131. The van der Waals surface area contributed by atoms with E-state index in [2.05, 4.69) is 26.0 Å². The van der Waals surface area contributed by atoms with Gasteiger partial charge in [0.05, 0.1) is 10.6 Å². The zero-order valence-corrected chi connectivity index (χ0v) is 14.6. The highest BCUT2D eigenvalue weighted by atomic mass is 32.2. The van der Waals surface area contributed by atoms with Crippen molar-refractivity contribution < 1.29 is 9.59 Å². The van der Waals surface area contributed by atoms with Crippen LogP contribution < -0.4 is 10.9 Å². The molecule has 122 valence electrons. The first-order valence-corrected chi connectivity index (χ1v) is 9.40. The quantitative estimate of drug-likeness (QED) is 0.523. The molecule has 0 atom stereocenters. The Hall–Kier alpha value is -2.30. The Morgan fingerprint density at radius 3 is 2.83 bits per heavy atom. The van der Waals surface area contributed by atoms with Crippen LogP contribution in [0.25, 0.3) is 10.6 Å². The van der Waals surface area contributed by atoms with E-state index < -0.39 is 0 Å². The minimum Gasteiger partial charge on any atom is -0.272 e. The minimum atomic E-state index is -0.335. The van der Waals surface area contributed by atoms with E-state index in [0.717, 1.165) is 10.6 Å². The number of pyridine rings is 1. The van der Waals surface area contributed by atoms with Crippen LogP contribution in [0.2, 0.25) is 0 Å². The number of hydrogen-bond donors (Lipinski definition) is 2. The first kappa shape index (κ1) is 16.6. The summed E-state index contributed by atoms with van der Waals surface area (Å²) in [7, 11) is 0. The van der Waals surface area contributed by atoms with Crippen molar-refractivity contribution >= 4 is 46.2 Å². The summed E-state index contributed by atoms with van der Waals surface area (Å²) in [5.41, 5.74) is 5.63. The molecular formula is C14H11N5O2S3. The molecule has 0 saturated carbocycles. The highest BCUT2D eigenvalue weighted by Crippen LogP contribution is 2.28. The number of amides is 2. The normalized spacial score (nSPS) is 10.3. The van der Waals surface area contributed by atoms with Crippen LogP contribution >= 0.6 is 34.4 Å².